The zero-order chi connectivity index (χ0) is 37.4. The van der Waals surface area contributed by atoms with Gasteiger partial charge in [-0.15, -0.1) is 0 Å². The molecule has 4 aromatic rings. The van der Waals surface area contributed by atoms with Crippen LogP contribution in [0.3, 0.4) is 0 Å². The molecule has 19 heteroatoms. The number of urea groups is 1. The minimum absolute atomic E-state index is 0.0118. The van der Waals surface area contributed by atoms with E-state index < -0.39 is 70.7 Å². The zero-order valence-electron chi connectivity index (χ0n) is 26.0. The van der Waals surface area contributed by atoms with Crippen LogP contribution >= 0.6 is 0 Å². The molecule has 0 fully saturated rings. The highest BCUT2D eigenvalue weighted by atomic mass is 32.2. The number of allylic oxidation sites excluding steroid dienone is 2. The second-order valence-electron chi connectivity index (χ2n) is 11.0. The Morgan fingerprint density at radius 1 is 0.558 bits per heavy atom. The molecule has 0 unspecified atom stereocenters. The van der Waals surface area contributed by atoms with E-state index >= 15 is 0 Å². The molecule has 52 heavy (non-hydrogen) atoms. The molecule has 0 bridgehead atoms. The van der Waals surface area contributed by atoms with Gasteiger partial charge in [0.25, 0.3) is 20.2 Å². The number of rotatable bonds is 8. The van der Waals surface area contributed by atoms with Crippen LogP contribution in [0.15, 0.2) is 105 Å². The maximum absolute atomic E-state index is 13.2. The summed E-state index contributed by atoms with van der Waals surface area (Å²) in [6, 6.07) is 16.5. The predicted octanol–water partition coefficient (Wildman–Crippen LogP) is 5.40. The number of hydrogen-bond donors (Lipinski definition) is 6. The van der Waals surface area contributed by atoms with Crippen LogP contribution in [-0.4, -0.2) is 55.0 Å². The van der Waals surface area contributed by atoms with Gasteiger partial charge in [0.1, 0.15) is 21.4 Å². The SMILES string of the molecule is O=C(Nc1ccc2c(c1)C=C(S(=O)(=O)O)/C(=N/Nc1ccc(F)cc1)C2=O)Nc1ccc2c(c1)C=C(S(=O)(=O)O)/C(=N/Nc1ccc(F)cc1)C2=O. The fourth-order valence-corrected chi connectivity index (χ4v) is 6.34. The summed E-state index contributed by atoms with van der Waals surface area (Å²) < 4.78 is 94.9. The lowest BCUT2D eigenvalue weighted by Gasteiger charge is -2.18. The van der Waals surface area contributed by atoms with E-state index in [9.17, 15) is 49.1 Å². The lowest BCUT2D eigenvalue weighted by atomic mass is 9.94. The standard InChI is InChI=1S/C33H22F2N6O9S2/c34-19-1-5-21(6-2-19)38-40-29-27(51(45,46)47)15-17-13-23(9-11-25(17)31(29)42)36-33(44)37-24-10-12-26-18(14-24)16-28(52(48,49)50)30(32(26)43)41-39-22-7-3-20(35)4-8-22/h1-16,38-39H,(H2,36,37,44)(H,45,46,47)(H,48,49,50)/b40-29-,41-30-. The number of benzene rings is 4. The van der Waals surface area contributed by atoms with E-state index in [2.05, 4.69) is 31.7 Å². The molecule has 0 radical (unpaired) electrons. The number of carbonyl (C=O) groups excluding carboxylic acids is 3. The Morgan fingerprint density at radius 3 is 1.25 bits per heavy atom. The van der Waals surface area contributed by atoms with Crippen molar-refractivity contribution in [3.05, 3.63) is 129 Å². The van der Waals surface area contributed by atoms with E-state index in [0.717, 1.165) is 36.4 Å². The largest absolute Gasteiger partial charge is 0.323 e. The minimum Gasteiger partial charge on any atom is -0.308 e. The van der Waals surface area contributed by atoms with Gasteiger partial charge in [0.05, 0.1) is 11.4 Å². The number of fused-ring (bicyclic) bond motifs is 2. The number of nitrogens with one attached hydrogen (secondary N) is 4. The molecule has 0 saturated carbocycles. The van der Waals surface area contributed by atoms with Crippen molar-refractivity contribution in [1.82, 2.24) is 0 Å². The Kier molecular flexibility index (Phi) is 9.34. The second kappa shape index (κ2) is 13.7. The number of amides is 2. The number of hydrogen-bond acceptors (Lipinski definition) is 11. The molecular weight excluding hydrogens is 727 g/mol. The number of anilines is 4. The van der Waals surface area contributed by atoms with Crippen molar-refractivity contribution in [3.8, 4) is 0 Å². The minimum atomic E-state index is -4.98. The molecule has 0 spiro atoms. The maximum atomic E-state index is 13.2. The van der Waals surface area contributed by atoms with Crippen molar-refractivity contribution in [2.45, 2.75) is 0 Å². The molecule has 264 valence electrons. The molecule has 0 atom stereocenters. The molecule has 0 saturated heterocycles. The molecule has 2 aliphatic carbocycles. The van der Waals surface area contributed by atoms with Gasteiger partial charge < -0.3 is 10.6 Å². The third-order valence-electron chi connectivity index (χ3n) is 7.42. The summed E-state index contributed by atoms with van der Waals surface area (Å²) in [7, 11) is -9.96. The quantitative estimate of drug-likeness (QED) is 0.0987. The smallest absolute Gasteiger partial charge is 0.308 e. The number of nitrogens with zero attached hydrogens (tertiary/aromatic N) is 2. The van der Waals surface area contributed by atoms with Crippen LogP contribution in [0.1, 0.15) is 31.8 Å². The Balaban J connectivity index is 1.21. The van der Waals surface area contributed by atoms with Crippen molar-refractivity contribution in [1.29, 1.82) is 0 Å². The predicted molar refractivity (Wildman–Crippen MR) is 188 cm³/mol. The molecule has 2 amide bonds. The highest BCUT2D eigenvalue weighted by Crippen LogP contribution is 2.30. The number of hydrazone groups is 2. The molecule has 6 rings (SSSR count). The third kappa shape index (κ3) is 7.66. The van der Waals surface area contributed by atoms with Gasteiger partial charge in [-0.1, -0.05) is 0 Å². The van der Waals surface area contributed by atoms with Crippen LogP contribution < -0.4 is 21.5 Å². The first kappa shape index (κ1) is 35.4. The molecule has 6 N–H and O–H groups in total. The summed E-state index contributed by atoms with van der Waals surface area (Å²) in [5.41, 5.74) is 4.21. The van der Waals surface area contributed by atoms with Crippen LogP contribution in [0.4, 0.5) is 36.3 Å². The van der Waals surface area contributed by atoms with Crippen LogP contribution in [0.2, 0.25) is 0 Å². The fourth-order valence-electron chi connectivity index (χ4n) is 5.02. The molecule has 15 nitrogen and oxygen atoms in total. The van der Waals surface area contributed by atoms with E-state index in [1.54, 1.807) is 0 Å². The summed E-state index contributed by atoms with van der Waals surface area (Å²) in [6.45, 7) is 0. The second-order valence-corrected chi connectivity index (χ2v) is 13.7. The number of ketones is 2. The summed E-state index contributed by atoms with van der Waals surface area (Å²) in [6.07, 6.45) is 1.96. The number of halogens is 2. The van der Waals surface area contributed by atoms with Gasteiger partial charge in [-0.25, -0.2) is 13.6 Å². The summed E-state index contributed by atoms with van der Waals surface area (Å²) in [5.74, 6) is -2.84. The highest BCUT2D eigenvalue weighted by Gasteiger charge is 2.34. The van der Waals surface area contributed by atoms with Crippen LogP contribution in [0.25, 0.3) is 12.2 Å². The third-order valence-corrected chi connectivity index (χ3v) is 9.15. The van der Waals surface area contributed by atoms with Crippen molar-refractivity contribution in [3.63, 3.8) is 0 Å². The van der Waals surface area contributed by atoms with Gasteiger partial charge in [0.2, 0.25) is 11.6 Å². The average Bonchev–Trinajstić information content (AvgIpc) is 3.07. The Hall–Kier alpha value is -6.41. The van der Waals surface area contributed by atoms with Crippen LogP contribution in [0, 0.1) is 11.6 Å². The average molecular weight is 749 g/mol. The van der Waals surface area contributed by atoms with Gasteiger partial charge in [0, 0.05) is 22.5 Å². The summed E-state index contributed by atoms with van der Waals surface area (Å²) >= 11 is 0. The topological polar surface area (TPSA) is 233 Å². The van der Waals surface area contributed by atoms with Crippen LogP contribution in [0.5, 0.6) is 0 Å². The number of Topliss-reactive ketones (excluding diaryl/α,β-unsaturated/α-hetero) is 2. The molecule has 0 aliphatic heterocycles. The van der Waals surface area contributed by atoms with Crippen molar-refractivity contribution in [2.24, 2.45) is 10.2 Å². The fraction of sp³-hybridized carbons (Fsp3) is 0. The lowest BCUT2D eigenvalue weighted by Crippen LogP contribution is -2.27. The van der Waals surface area contributed by atoms with Crippen molar-refractivity contribution < 1.29 is 49.1 Å². The molecule has 2 aliphatic rings. The zero-order valence-corrected chi connectivity index (χ0v) is 27.6. The van der Waals surface area contributed by atoms with E-state index in [1.165, 1.54) is 60.7 Å². The van der Waals surface area contributed by atoms with Gasteiger partial charge in [-0.3, -0.25) is 29.5 Å². The Bertz CT molecular complexity index is 2360. The van der Waals surface area contributed by atoms with E-state index in [-0.39, 0.29) is 45.0 Å². The molecular formula is C33H22F2N6O9S2. The van der Waals surface area contributed by atoms with Crippen molar-refractivity contribution >= 4 is 84.2 Å². The lowest BCUT2D eigenvalue weighted by molar-refractivity contribution is 0.105. The van der Waals surface area contributed by atoms with Crippen molar-refractivity contribution in [2.75, 3.05) is 21.5 Å². The van der Waals surface area contributed by atoms with Gasteiger partial charge in [-0.2, -0.15) is 27.0 Å². The van der Waals surface area contributed by atoms with Gasteiger partial charge in [-0.05, 0) is 108 Å². The van der Waals surface area contributed by atoms with E-state index in [4.69, 9.17) is 0 Å². The summed E-state index contributed by atoms with van der Waals surface area (Å²) in [4.78, 5) is 37.7. The Morgan fingerprint density at radius 2 is 0.904 bits per heavy atom. The summed E-state index contributed by atoms with van der Waals surface area (Å²) in [5, 5.41) is 12.6. The highest BCUT2D eigenvalue weighted by molar-refractivity contribution is 7.91. The van der Waals surface area contributed by atoms with Gasteiger partial charge in [0.15, 0.2) is 11.4 Å². The molecule has 0 heterocycles. The van der Waals surface area contributed by atoms with E-state index in [1.807, 2.05) is 0 Å². The van der Waals surface area contributed by atoms with Gasteiger partial charge >= 0.3 is 6.03 Å². The molecule has 0 aromatic heterocycles. The maximum Gasteiger partial charge on any atom is 0.323 e. The Labute approximate surface area is 292 Å². The number of carbonyl (C=O) groups is 3. The monoisotopic (exact) mass is 748 g/mol. The first-order valence-electron chi connectivity index (χ1n) is 14.6. The van der Waals surface area contributed by atoms with E-state index in [0.29, 0.717) is 0 Å². The van der Waals surface area contributed by atoms with Crippen LogP contribution in [-0.2, 0) is 20.2 Å². The first-order chi connectivity index (χ1) is 24.6. The first-order valence-corrected chi connectivity index (χ1v) is 17.5. The normalized spacial score (nSPS) is 15.7. The molecule has 4 aromatic carbocycles.